The van der Waals surface area contributed by atoms with Crippen LogP contribution in [0, 0.1) is 0 Å². The van der Waals surface area contributed by atoms with E-state index in [4.69, 9.17) is 23.2 Å². The van der Waals surface area contributed by atoms with Crippen LogP contribution in [0.3, 0.4) is 0 Å². The number of phenolic OH excluding ortho intramolecular Hbond substituents is 1. The molecule has 0 unspecified atom stereocenters. The first kappa shape index (κ1) is 23.6. The van der Waals surface area contributed by atoms with Crippen LogP contribution in [0.2, 0.25) is 10.0 Å². The number of hydrogen-bond donors (Lipinski definition) is 3. The lowest BCUT2D eigenvalue weighted by Gasteiger charge is -2.09. The largest absolute Gasteiger partial charge is 0.507 e. The first-order valence-electron chi connectivity index (χ1n) is 9.42. The van der Waals surface area contributed by atoms with Gasteiger partial charge in [-0.1, -0.05) is 41.0 Å². The van der Waals surface area contributed by atoms with Gasteiger partial charge in [0.1, 0.15) is 5.75 Å². The summed E-state index contributed by atoms with van der Waals surface area (Å²) in [6.07, 6.45) is 3.06. The molecule has 0 bridgehead atoms. The first-order valence-corrected chi connectivity index (χ1v) is 11.2. The number of amides is 1. The lowest BCUT2D eigenvalue weighted by molar-refractivity contribution is -0.118. The van der Waals surface area contributed by atoms with Crippen LogP contribution in [0.1, 0.15) is 11.4 Å². The minimum atomic E-state index is -0.332. The van der Waals surface area contributed by atoms with Crippen LogP contribution >= 0.6 is 35.0 Å². The summed E-state index contributed by atoms with van der Waals surface area (Å²) < 4.78 is 1.88. The second kappa shape index (κ2) is 11.6. The van der Waals surface area contributed by atoms with Crippen LogP contribution in [0.4, 0.5) is 5.69 Å². The number of thioether (sulfide) groups is 1. The fourth-order valence-corrected chi connectivity index (χ4v) is 3.65. The van der Waals surface area contributed by atoms with E-state index in [1.165, 1.54) is 24.0 Å². The molecular weight excluding hydrogens is 471 g/mol. The lowest BCUT2D eigenvalue weighted by Crippen LogP contribution is -2.20. The van der Waals surface area contributed by atoms with E-state index in [1.54, 1.807) is 30.3 Å². The molecule has 32 heavy (non-hydrogen) atoms. The van der Waals surface area contributed by atoms with Gasteiger partial charge >= 0.3 is 0 Å². The van der Waals surface area contributed by atoms with Crippen LogP contribution in [0.5, 0.6) is 5.75 Å². The van der Waals surface area contributed by atoms with E-state index in [9.17, 15) is 9.90 Å². The van der Waals surface area contributed by atoms with E-state index in [-0.39, 0.29) is 17.4 Å². The molecule has 0 aliphatic rings. The first-order chi connectivity index (χ1) is 15.5. The lowest BCUT2D eigenvalue weighted by atomic mass is 10.2. The second-order valence-electron chi connectivity index (χ2n) is 6.44. The van der Waals surface area contributed by atoms with Crippen LogP contribution in [-0.4, -0.2) is 37.7 Å². The molecule has 0 radical (unpaired) electrons. The number of nitrogens with zero attached hydrogens (tertiary/aromatic N) is 4. The summed E-state index contributed by atoms with van der Waals surface area (Å²) >= 11 is 13.0. The topological polar surface area (TPSA) is 104 Å². The SMILES string of the molecule is C=CCn1c(CNc2ccc(Cl)cc2)nnc1SCC(=O)N/N=C\c1cc(Cl)ccc1O. The summed E-state index contributed by atoms with van der Waals surface area (Å²) in [5, 5.41) is 27.0. The smallest absolute Gasteiger partial charge is 0.250 e. The maximum absolute atomic E-state index is 12.1. The number of halogens is 2. The van der Waals surface area contributed by atoms with Gasteiger partial charge in [0.2, 0.25) is 0 Å². The molecule has 3 rings (SSSR count). The van der Waals surface area contributed by atoms with Crippen molar-refractivity contribution in [3.05, 3.63) is 76.6 Å². The van der Waals surface area contributed by atoms with Crippen molar-refractivity contribution in [1.29, 1.82) is 0 Å². The average molecular weight is 491 g/mol. The Hall–Kier alpha value is -3.01. The standard InChI is InChI=1S/C21H20Cl2N6O2S/c1-2-9-29-19(12-24-17-6-3-15(22)4-7-17)26-28-21(29)32-13-20(31)27-25-11-14-10-16(23)5-8-18(14)30/h2-8,10-11,24,30H,1,9,12-13H2,(H,27,31)/b25-11-. The molecule has 1 heterocycles. The van der Waals surface area contributed by atoms with Gasteiger partial charge in [-0.25, -0.2) is 5.43 Å². The van der Waals surface area contributed by atoms with E-state index >= 15 is 0 Å². The van der Waals surface area contributed by atoms with Gasteiger partial charge in [0.15, 0.2) is 11.0 Å². The number of hydrazone groups is 1. The number of carbonyl (C=O) groups excluding carboxylic acids is 1. The van der Waals surface area contributed by atoms with Crippen molar-refractivity contribution in [1.82, 2.24) is 20.2 Å². The number of aromatic hydroxyl groups is 1. The van der Waals surface area contributed by atoms with Crippen LogP contribution in [0.15, 0.2) is 65.4 Å². The highest BCUT2D eigenvalue weighted by molar-refractivity contribution is 7.99. The van der Waals surface area contributed by atoms with E-state index in [1.807, 2.05) is 16.7 Å². The van der Waals surface area contributed by atoms with Crippen molar-refractivity contribution in [2.75, 3.05) is 11.1 Å². The third kappa shape index (κ3) is 6.74. The van der Waals surface area contributed by atoms with Gasteiger partial charge in [-0.15, -0.1) is 16.8 Å². The predicted octanol–water partition coefficient (Wildman–Crippen LogP) is 4.33. The molecule has 166 valence electrons. The van der Waals surface area contributed by atoms with Gasteiger partial charge in [-0.05, 0) is 42.5 Å². The number of benzene rings is 2. The molecule has 11 heteroatoms. The van der Waals surface area contributed by atoms with Gasteiger partial charge in [0, 0.05) is 27.8 Å². The molecule has 0 aliphatic carbocycles. The van der Waals surface area contributed by atoms with Crippen LogP contribution in [0.25, 0.3) is 0 Å². The fourth-order valence-electron chi connectivity index (χ4n) is 2.58. The van der Waals surface area contributed by atoms with E-state index < -0.39 is 0 Å². The third-order valence-corrected chi connectivity index (χ3v) is 5.57. The van der Waals surface area contributed by atoms with Crippen molar-refractivity contribution in [2.45, 2.75) is 18.2 Å². The number of anilines is 1. The molecule has 0 fully saturated rings. The number of aromatic nitrogens is 3. The molecule has 0 spiro atoms. The maximum atomic E-state index is 12.1. The van der Waals surface area contributed by atoms with Gasteiger partial charge in [-0.3, -0.25) is 4.79 Å². The summed E-state index contributed by atoms with van der Waals surface area (Å²) in [7, 11) is 0. The fraction of sp³-hybridized carbons (Fsp3) is 0.143. The molecule has 0 atom stereocenters. The molecule has 1 amide bonds. The van der Waals surface area contributed by atoms with Gasteiger partial charge in [-0.2, -0.15) is 5.10 Å². The predicted molar refractivity (Wildman–Crippen MR) is 129 cm³/mol. The average Bonchev–Trinajstić information content (AvgIpc) is 3.16. The van der Waals surface area contributed by atoms with E-state index in [2.05, 4.69) is 32.6 Å². The third-order valence-electron chi connectivity index (χ3n) is 4.11. The van der Waals surface area contributed by atoms with Crippen molar-refractivity contribution in [3.63, 3.8) is 0 Å². The zero-order valence-corrected chi connectivity index (χ0v) is 19.2. The van der Waals surface area contributed by atoms with E-state index in [0.717, 1.165) is 5.69 Å². The number of carbonyl (C=O) groups is 1. The van der Waals surface area contributed by atoms with E-state index in [0.29, 0.717) is 39.7 Å². The summed E-state index contributed by atoms with van der Waals surface area (Å²) in [4.78, 5) is 12.1. The van der Waals surface area contributed by atoms with Crippen LogP contribution < -0.4 is 10.7 Å². The highest BCUT2D eigenvalue weighted by Crippen LogP contribution is 2.20. The van der Waals surface area contributed by atoms with Gasteiger partial charge < -0.3 is 15.0 Å². The van der Waals surface area contributed by atoms with Crippen molar-refractivity contribution >= 4 is 52.8 Å². The number of nitrogens with one attached hydrogen (secondary N) is 2. The molecule has 0 saturated carbocycles. The molecule has 3 N–H and O–H groups in total. The molecule has 3 aromatic rings. The summed E-state index contributed by atoms with van der Waals surface area (Å²) in [6.45, 7) is 4.72. The van der Waals surface area contributed by atoms with Gasteiger partial charge in [0.05, 0.1) is 18.5 Å². The molecule has 0 aliphatic heterocycles. The molecule has 8 nitrogen and oxygen atoms in total. The Morgan fingerprint density at radius 3 is 2.69 bits per heavy atom. The molecule has 2 aromatic carbocycles. The number of phenols is 1. The highest BCUT2D eigenvalue weighted by Gasteiger charge is 2.13. The normalized spacial score (nSPS) is 10.9. The maximum Gasteiger partial charge on any atom is 0.250 e. The number of rotatable bonds is 10. The summed E-state index contributed by atoms with van der Waals surface area (Å²) in [5.41, 5.74) is 3.71. The number of allylic oxidation sites excluding steroid dienone is 1. The van der Waals surface area contributed by atoms with Crippen molar-refractivity contribution in [3.8, 4) is 5.75 Å². The minimum Gasteiger partial charge on any atom is -0.507 e. The van der Waals surface area contributed by atoms with Crippen LogP contribution in [-0.2, 0) is 17.9 Å². The zero-order chi connectivity index (χ0) is 22.9. The Bertz CT molecular complexity index is 1120. The van der Waals surface area contributed by atoms with Crippen molar-refractivity contribution in [2.24, 2.45) is 5.10 Å². The Morgan fingerprint density at radius 2 is 1.94 bits per heavy atom. The molecule has 0 saturated heterocycles. The number of hydrogen-bond acceptors (Lipinski definition) is 7. The second-order valence-corrected chi connectivity index (χ2v) is 8.26. The Balaban J connectivity index is 1.56. The Labute approximate surface area is 199 Å². The Kier molecular flexibility index (Phi) is 8.55. The van der Waals surface area contributed by atoms with Gasteiger partial charge in [0.25, 0.3) is 5.91 Å². The Morgan fingerprint density at radius 1 is 1.19 bits per heavy atom. The zero-order valence-electron chi connectivity index (χ0n) is 16.8. The minimum absolute atomic E-state index is 0.0130. The monoisotopic (exact) mass is 490 g/mol. The summed E-state index contributed by atoms with van der Waals surface area (Å²) in [6, 6.07) is 11.9. The van der Waals surface area contributed by atoms with Crippen molar-refractivity contribution < 1.29 is 9.90 Å². The quantitative estimate of drug-likeness (QED) is 0.169. The summed E-state index contributed by atoms with van der Waals surface area (Å²) in [5.74, 6) is 0.469. The molecule has 1 aromatic heterocycles. The highest BCUT2D eigenvalue weighted by atomic mass is 35.5. The molecular formula is C21H20Cl2N6O2S.